The minimum absolute atomic E-state index is 0.0905. The molecular formula is C21H24N4O2S2. The first kappa shape index (κ1) is 21.1. The fourth-order valence-corrected chi connectivity index (χ4v) is 4.35. The molecule has 0 radical (unpaired) electrons. The molecule has 6 nitrogen and oxygen atoms in total. The Morgan fingerprint density at radius 3 is 2.62 bits per heavy atom. The molecule has 152 valence electrons. The van der Waals surface area contributed by atoms with Crippen molar-refractivity contribution in [2.75, 3.05) is 24.2 Å². The van der Waals surface area contributed by atoms with Crippen molar-refractivity contribution in [1.82, 2.24) is 15.1 Å². The molecule has 0 saturated heterocycles. The second-order valence-corrected chi connectivity index (χ2v) is 8.31. The second kappa shape index (κ2) is 10.8. The number of hydrogen-bond donors (Lipinski definition) is 1. The number of anilines is 2. The Balaban J connectivity index is 1.55. The number of ether oxygens (including phenoxy) is 1. The number of amides is 1. The van der Waals surface area contributed by atoms with Crippen LogP contribution in [0.15, 0.2) is 58.9 Å². The van der Waals surface area contributed by atoms with Crippen molar-refractivity contribution in [2.24, 2.45) is 0 Å². The third kappa shape index (κ3) is 6.20. The van der Waals surface area contributed by atoms with E-state index in [-0.39, 0.29) is 5.91 Å². The fourth-order valence-electron chi connectivity index (χ4n) is 2.68. The van der Waals surface area contributed by atoms with Crippen LogP contribution in [0.3, 0.4) is 0 Å². The van der Waals surface area contributed by atoms with Gasteiger partial charge in [-0.1, -0.05) is 65.6 Å². The molecule has 0 aliphatic rings. The van der Waals surface area contributed by atoms with Crippen LogP contribution >= 0.6 is 23.1 Å². The van der Waals surface area contributed by atoms with Gasteiger partial charge in [-0.05, 0) is 31.5 Å². The number of carbonyl (C=O) groups excluding carboxylic acids is 1. The number of para-hydroxylation sites is 2. The van der Waals surface area contributed by atoms with Gasteiger partial charge < -0.3 is 15.0 Å². The van der Waals surface area contributed by atoms with Crippen molar-refractivity contribution < 1.29 is 9.53 Å². The maximum Gasteiger partial charge on any atom is 0.233 e. The largest absolute Gasteiger partial charge is 0.492 e. The van der Waals surface area contributed by atoms with E-state index in [0.717, 1.165) is 21.3 Å². The van der Waals surface area contributed by atoms with E-state index in [4.69, 9.17) is 4.74 Å². The molecule has 3 rings (SSSR count). The highest BCUT2D eigenvalue weighted by atomic mass is 32.2. The van der Waals surface area contributed by atoms with E-state index in [1.54, 1.807) is 0 Å². The summed E-state index contributed by atoms with van der Waals surface area (Å²) in [5, 5.41) is 12.3. The second-order valence-electron chi connectivity index (χ2n) is 6.11. The van der Waals surface area contributed by atoms with Crippen molar-refractivity contribution in [2.45, 2.75) is 24.7 Å². The van der Waals surface area contributed by atoms with Crippen LogP contribution in [0, 0.1) is 0 Å². The Kier molecular flexibility index (Phi) is 7.89. The quantitative estimate of drug-likeness (QED) is 0.467. The van der Waals surface area contributed by atoms with Gasteiger partial charge in [-0.2, -0.15) is 0 Å². The number of nitrogens with one attached hydrogen (secondary N) is 1. The fraction of sp³-hybridized carbons (Fsp3) is 0.286. The van der Waals surface area contributed by atoms with Gasteiger partial charge in [0.05, 0.1) is 18.0 Å². The Hall–Kier alpha value is -2.58. The molecule has 0 aliphatic heterocycles. The van der Waals surface area contributed by atoms with E-state index in [1.807, 2.05) is 73.3 Å². The van der Waals surface area contributed by atoms with Gasteiger partial charge in [0.2, 0.25) is 11.0 Å². The third-order valence-corrected chi connectivity index (χ3v) is 6.06. The van der Waals surface area contributed by atoms with Crippen LogP contribution in [-0.2, 0) is 11.3 Å². The van der Waals surface area contributed by atoms with E-state index in [0.29, 0.717) is 30.6 Å². The number of carbonyl (C=O) groups is 1. The van der Waals surface area contributed by atoms with Crippen LogP contribution in [0.2, 0.25) is 0 Å². The van der Waals surface area contributed by atoms with E-state index >= 15 is 0 Å². The van der Waals surface area contributed by atoms with Gasteiger partial charge in [-0.15, -0.1) is 10.2 Å². The molecule has 1 N–H and O–H groups in total. The monoisotopic (exact) mass is 428 g/mol. The van der Waals surface area contributed by atoms with Gasteiger partial charge in [-0.3, -0.25) is 4.79 Å². The number of nitrogens with zero attached hydrogens (tertiary/aromatic N) is 3. The number of hydrogen-bond acceptors (Lipinski definition) is 7. The molecule has 0 aliphatic carbocycles. The predicted molar refractivity (Wildman–Crippen MR) is 119 cm³/mol. The molecular weight excluding hydrogens is 404 g/mol. The van der Waals surface area contributed by atoms with Crippen LogP contribution < -0.4 is 10.1 Å². The van der Waals surface area contributed by atoms with Crippen molar-refractivity contribution in [1.29, 1.82) is 0 Å². The Labute approximate surface area is 179 Å². The van der Waals surface area contributed by atoms with Crippen LogP contribution in [-0.4, -0.2) is 39.9 Å². The maximum absolute atomic E-state index is 12.6. The van der Waals surface area contributed by atoms with Gasteiger partial charge in [0, 0.05) is 13.1 Å². The molecule has 3 aromatic rings. The Bertz CT molecular complexity index is 918. The van der Waals surface area contributed by atoms with Crippen molar-refractivity contribution in [3.63, 3.8) is 0 Å². The lowest BCUT2D eigenvalue weighted by Crippen LogP contribution is -2.31. The Morgan fingerprint density at radius 2 is 1.86 bits per heavy atom. The lowest BCUT2D eigenvalue weighted by atomic mass is 10.2. The maximum atomic E-state index is 12.6. The van der Waals surface area contributed by atoms with Gasteiger partial charge in [0.15, 0.2) is 4.34 Å². The summed E-state index contributed by atoms with van der Waals surface area (Å²) in [6, 6.07) is 17.7. The van der Waals surface area contributed by atoms with E-state index in [2.05, 4.69) is 15.5 Å². The summed E-state index contributed by atoms with van der Waals surface area (Å²) >= 11 is 2.83. The lowest BCUT2D eigenvalue weighted by Gasteiger charge is -2.20. The predicted octanol–water partition coefficient (Wildman–Crippen LogP) is 4.82. The van der Waals surface area contributed by atoms with Crippen molar-refractivity contribution in [3.8, 4) is 5.75 Å². The van der Waals surface area contributed by atoms with E-state index < -0.39 is 0 Å². The molecule has 0 atom stereocenters. The van der Waals surface area contributed by atoms with Crippen LogP contribution in [0.5, 0.6) is 5.75 Å². The molecule has 8 heteroatoms. The summed E-state index contributed by atoms with van der Waals surface area (Å²) < 4.78 is 6.38. The normalized spacial score (nSPS) is 10.6. The average molecular weight is 429 g/mol. The summed E-state index contributed by atoms with van der Waals surface area (Å²) in [4.78, 5) is 14.4. The zero-order chi connectivity index (χ0) is 20.5. The first-order chi connectivity index (χ1) is 14.2. The molecule has 0 spiro atoms. The molecule has 0 fully saturated rings. The SMILES string of the molecule is CCOc1ccccc1Nc1nnc(SCC(=O)N(CC)Cc2ccccc2)s1. The molecule has 1 aromatic heterocycles. The first-order valence-corrected chi connectivity index (χ1v) is 11.3. The zero-order valence-corrected chi connectivity index (χ0v) is 18.1. The Morgan fingerprint density at radius 1 is 1.10 bits per heavy atom. The van der Waals surface area contributed by atoms with Gasteiger partial charge >= 0.3 is 0 Å². The summed E-state index contributed by atoms with van der Waals surface area (Å²) in [5.74, 6) is 1.20. The minimum Gasteiger partial charge on any atom is -0.492 e. The summed E-state index contributed by atoms with van der Waals surface area (Å²) in [6.45, 7) is 5.83. The molecule has 0 bridgehead atoms. The summed E-state index contributed by atoms with van der Waals surface area (Å²) in [7, 11) is 0. The minimum atomic E-state index is 0.0905. The molecule has 1 amide bonds. The zero-order valence-electron chi connectivity index (χ0n) is 16.5. The van der Waals surface area contributed by atoms with Gasteiger partial charge in [0.1, 0.15) is 5.75 Å². The van der Waals surface area contributed by atoms with Crippen LogP contribution in [0.4, 0.5) is 10.8 Å². The number of benzene rings is 2. The van der Waals surface area contributed by atoms with Gasteiger partial charge in [-0.25, -0.2) is 0 Å². The number of aromatic nitrogens is 2. The van der Waals surface area contributed by atoms with E-state index in [9.17, 15) is 4.79 Å². The van der Waals surface area contributed by atoms with E-state index in [1.165, 1.54) is 23.1 Å². The average Bonchev–Trinajstić information content (AvgIpc) is 3.20. The summed E-state index contributed by atoms with van der Waals surface area (Å²) in [5.41, 5.74) is 1.97. The van der Waals surface area contributed by atoms with Crippen molar-refractivity contribution >= 4 is 39.8 Å². The van der Waals surface area contributed by atoms with Crippen LogP contribution in [0.1, 0.15) is 19.4 Å². The number of thioether (sulfide) groups is 1. The third-order valence-electron chi connectivity index (χ3n) is 4.10. The topological polar surface area (TPSA) is 67.3 Å². The molecule has 0 unspecified atom stereocenters. The highest BCUT2D eigenvalue weighted by Gasteiger charge is 2.15. The lowest BCUT2D eigenvalue weighted by molar-refractivity contribution is -0.128. The molecule has 1 heterocycles. The summed E-state index contributed by atoms with van der Waals surface area (Å²) in [6.07, 6.45) is 0. The highest BCUT2D eigenvalue weighted by molar-refractivity contribution is 8.01. The van der Waals surface area contributed by atoms with Crippen LogP contribution in [0.25, 0.3) is 0 Å². The highest BCUT2D eigenvalue weighted by Crippen LogP contribution is 2.31. The first-order valence-electron chi connectivity index (χ1n) is 9.46. The number of rotatable bonds is 10. The van der Waals surface area contributed by atoms with Crippen molar-refractivity contribution in [3.05, 3.63) is 60.2 Å². The molecule has 29 heavy (non-hydrogen) atoms. The van der Waals surface area contributed by atoms with Gasteiger partial charge in [0.25, 0.3) is 0 Å². The smallest absolute Gasteiger partial charge is 0.233 e. The standard InChI is InChI=1S/C21H24N4O2S2/c1-3-25(14-16-10-6-5-7-11-16)19(26)15-28-21-24-23-20(29-21)22-17-12-8-9-13-18(17)27-4-2/h5-13H,3-4,14-15H2,1-2H3,(H,22,23). The molecule has 2 aromatic carbocycles. The molecule has 0 saturated carbocycles.